The molecule has 10 heteroatoms. The Hall–Kier alpha value is -5.01. The maximum absolute atomic E-state index is 14.4. The van der Waals surface area contributed by atoms with Gasteiger partial charge in [0.15, 0.2) is 0 Å². The molecule has 2 saturated heterocycles. The number of hydrogen-bond donors (Lipinski definition) is 0. The van der Waals surface area contributed by atoms with Crippen molar-refractivity contribution in [3.8, 4) is 17.5 Å². The number of ether oxygens (including phenoxy) is 1. The SMILES string of the molecule is CC(C)Oc1cccc(CN2CC[C@@]3(C[C@@H]2C)C(=O)N(Cc2cn(-c4ccccc4)nn2)C(=O)N3c2cccc(C#N)c2)c1. The minimum absolute atomic E-state index is 0.00142. The van der Waals surface area contributed by atoms with Crippen LogP contribution in [0.3, 0.4) is 0 Å². The zero-order valence-corrected chi connectivity index (χ0v) is 25.1. The molecule has 224 valence electrons. The Bertz CT molecular complexity index is 1710. The van der Waals surface area contributed by atoms with Gasteiger partial charge in [-0.2, -0.15) is 5.26 Å². The lowest BCUT2D eigenvalue weighted by atomic mass is 9.81. The van der Waals surface area contributed by atoms with Gasteiger partial charge < -0.3 is 4.74 Å². The average Bonchev–Trinajstić information content (AvgIpc) is 3.56. The predicted molar refractivity (Wildman–Crippen MR) is 165 cm³/mol. The molecule has 6 rings (SSSR count). The summed E-state index contributed by atoms with van der Waals surface area (Å²) in [6, 6.07) is 26.3. The molecule has 0 saturated carbocycles. The van der Waals surface area contributed by atoms with E-state index in [2.05, 4.69) is 40.3 Å². The lowest BCUT2D eigenvalue weighted by Gasteiger charge is -2.45. The summed E-state index contributed by atoms with van der Waals surface area (Å²) in [5.41, 5.74) is 2.35. The van der Waals surface area contributed by atoms with Gasteiger partial charge in [0.25, 0.3) is 5.91 Å². The lowest BCUT2D eigenvalue weighted by molar-refractivity contribution is -0.133. The van der Waals surface area contributed by atoms with Crippen LogP contribution < -0.4 is 9.64 Å². The molecule has 2 aliphatic rings. The predicted octanol–water partition coefficient (Wildman–Crippen LogP) is 5.32. The summed E-state index contributed by atoms with van der Waals surface area (Å²) in [7, 11) is 0. The number of urea groups is 1. The number of piperidine rings is 1. The normalized spacial score (nSPS) is 20.5. The van der Waals surface area contributed by atoms with Gasteiger partial charge in [0.1, 0.15) is 17.0 Å². The van der Waals surface area contributed by atoms with E-state index in [-0.39, 0.29) is 24.6 Å². The molecule has 44 heavy (non-hydrogen) atoms. The molecule has 0 unspecified atom stereocenters. The molecule has 0 radical (unpaired) electrons. The molecule has 3 heterocycles. The van der Waals surface area contributed by atoms with E-state index in [9.17, 15) is 14.9 Å². The first-order chi connectivity index (χ1) is 21.3. The van der Waals surface area contributed by atoms with Gasteiger partial charge >= 0.3 is 6.03 Å². The van der Waals surface area contributed by atoms with E-state index in [0.717, 1.165) is 17.0 Å². The third-order valence-electron chi connectivity index (χ3n) is 8.33. The number of carbonyl (C=O) groups is 2. The van der Waals surface area contributed by atoms with Crippen molar-refractivity contribution in [2.24, 2.45) is 0 Å². The molecule has 0 bridgehead atoms. The second kappa shape index (κ2) is 11.9. The van der Waals surface area contributed by atoms with Crippen molar-refractivity contribution in [2.75, 3.05) is 11.4 Å². The molecule has 0 N–H and O–H groups in total. The number of nitriles is 1. The van der Waals surface area contributed by atoms with E-state index < -0.39 is 11.6 Å². The van der Waals surface area contributed by atoms with Crippen LogP contribution in [0.25, 0.3) is 5.69 Å². The number of amides is 3. The second-order valence-electron chi connectivity index (χ2n) is 11.8. The fraction of sp³-hybridized carbons (Fsp3) is 0.324. The van der Waals surface area contributed by atoms with Crippen LogP contribution >= 0.6 is 0 Å². The summed E-state index contributed by atoms with van der Waals surface area (Å²) in [4.78, 5) is 33.8. The summed E-state index contributed by atoms with van der Waals surface area (Å²) in [5, 5.41) is 18.1. The van der Waals surface area contributed by atoms with Crippen molar-refractivity contribution in [3.05, 3.63) is 102 Å². The molecule has 4 aromatic rings. The quantitative estimate of drug-likeness (QED) is 0.256. The Kier molecular flexibility index (Phi) is 7.89. The van der Waals surface area contributed by atoms with Gasteiger partial charge in [-0.05, 0) is 81.6 Å². The van der Waals surface area contributed by atoms with Crippen LogP contribution in [-0.2, 0) is 17.9 Å². The number of carbonyl (C=O) groups excluding carboxylic acids is 2. The number of likely N-dealkylation sites (tertiary alicyclic amines) is 1. The largest absolute Gasteiger partial charge is 0.491 e. The summed E-state index contributed by atoms with van der Waals surface area (Å²) < 4.78 is 7.53. The molecule has 10 nitrogen and oxygen atoms in total. The summed E-state index contributed by atoms with van der Waals surface area (Å²) in [6.07, 6.45) is 2.73. The Morgan fingerprint density at radius 3 is 2.52 bits per heavy atom. The first-order valence-electron chi connectivity index (χ1n) is 14.9. The fourth-order valence-electron chi connectivity index (χ4n) is 6.31. The summed E-state index contributed by atoms with van der Waals surface area (Å²) in [6.45, 7) is 7.43. The molecule has 0 aliphatic carbocycles. The molecular formula is C34H35N7O3. The zero-order valence-electron chi connectivity index (χ0n) is 25.1. The van der Waals surface area contributed by atoms with Gasteiger partial charge in [-0.15, -0.1) is 5.10 Å². The van der Waals surface area contributed by atoms with Crippen LogP contribution in [0, 0.1) is 11.3 Å². The summed E-state index contributed by atoms with van der Waals surface area (Å²) in [5.74, 6) is 0.580. The lowest BCUT2D eigenvalue weighted by Crippen LogP contribution is -2.59. The first kappa shape index (κ1) is 29.1. The molecule has 2 aliphatic heterocycles. The highest BCUT2D eigenvalue weighted by atomic mass is 16.5. The third kappa shape index (κ3) is 5.54. The first-order valence-corrected chi connectivity index (χ1v) is 14.9. The number of para-hydroxylation sites is 1. The number of nitrogens with zero attached hydrogens (tertiary/aromatic N) is 7. The van der Waals surface area contributed by atoms with Gasteiger partial charge in [0, 0.05) is 24.8 Å². The number of aromatic nitrogens is 3. The van der Waals surface area contributed by atoms with E-state index in [0.29, 0.717) is 42.9 Å². The van der Waals surface area contributed by atoms with Gasteiger partial charge in [0.2, 0.25) is 0 Å². The van der Waals surface area contributed by atoms with Gasteiger partial charge in [-0.25, -0.2) is 9.48 Å². The Balaban J connectivity index is 1.28. The maximum Gasteiger partial charge on any atom is 0.332 e. The van der Waals surface area contributed by atoms with Crippen molar-refractivity contribution in [2.45, 2.75) is 64.4 Å². The van der Waals surface area contributed by atoms with Crippen LogP contribution in [-0.4, -0.2) is 61.0 Å². The smallest absolute Gasteiger partial charge is 0.332 e. The van der Waals surface area contributed by atoms with Crippen LogP contribution in [0.2, 0.25) is 0 Å². The van der Waals surface area contributed by atoms with Crippen molar-refractivity contribution in [1.29, 1.82) is 5.26 Å². The molecule has 2 atom stereocenters. The van der Waals surface area contributed by atoms with E-state index in [1.165, 1.54) is 4.90 Å². The molecule has 1 spiro atoms. The van der Waals surface area contributed by atoms with Gasteiger partial charge in [0.05, 0.1) is 36.2 Å². The third-order valence-corrected chi connectivity index (χ3v) is 8.33. The van der Waals surface area contributed by atoms with E-state index in [4.69, 9.17) is 4.74 Å². The number of hydrogen-bond acceptors (Lipinski definition) is 7. The average molecular weight is 590 g/mol. The number of anilines is 1. The van der Waals surface area contributed by atoms with E-state index >= 15 is 0 Å². The standard InChI is InChI=1S/C34H35N7O3/c1-24(2)44-31-14-8-10-27(18-31)21-38-16-15-34(19-25(38)3)32(42)39(33(43)41(34)30-13-7-9-26(17-30)20-35)22-28-23-40(37-36-28)29-11-5-4-6-12-29/h4-14,17-18,23-25H,15-16,19,21-22H2,1-3H3/t25-,34+/m0/s1. The van der Waals surface area contributed by atoms with Crippen molar-refractivity contribution in [3.63, 3.8) is 0 Å². The fourth-order valence-corrected chi connectivity index (χ4v) is 6.31. The van der Waals surface area contributed by atoms with Crippen molar-refractivity contribution in [1.82, 2.24) is 24.8 Å². The van der Waals surface area contributed by atoms with Gasteiger partial charge in [-0.1, -0.05) is 41.6 Å². The number of imide groups is 1. The second-order valence-corrected chi connectivity index (χ2v) is 11.8. The molecule has 2 fully saturated rings. The monoisotopic (exact) mass is 589 g/mol. The van der Waals surface area contributed by atoms with Crippen molar-refractivity contribution >= 4 is 17.6 Å². The van der Waals surface area contributed by atoms with Crippen LogP contribution in [0.1, 0.15) is 50.4 Å². The maximum atomic E-state index is 14.4. The molecule has 3 aromatic carbocycles. The van der Waals surface area contributed by atoms with Gasteiger partial charge in [-0.3, -0.25) is 19.5 Å². The summed E-state index contributed by atoms with van der Waals surface area (Å²) >= 11 is 0. The van der Waals surface area contributed by atoms with Crippen LogP contribution in [0.4, 0.5) is 10.5 Å². The minimum Gasteiger partial charge on any atom is -0.491 e. The van der Waals surface area contributed by atoms with Crippen LogP contribution in [0.15, 0.2) is 85.1 Å². The number of rotatable bonds is 8. The van der Waals surface area contributed by atoms with E-state index in [1.54, 1.807) is 40.0 Å². The van der Waals surface area contributed by atoms with Crippen molar-refractivity contribution < 1.29 is 14.3 Å². The highest BCUT2D eigenvalue weighted by Gasteiger charge is 2.59. The van der Waals surface area contributed by atoms with E-state index in [1.807, 2.05) is 56.3 Å². The topological polar surface area (TPSA) is 108 Å². The zero-order chi connectivity index (χ0) is 30.8. The Morgan fingerprint density at radius 1 is 1.00 bits per heavy atom. The Labute approximate surface area is 257 Å². The Morgan fingerprint density at radius 2 is 1.77 bits per heavy atom. The molecule has 1 aromatic heterocycles. The minimum atomic E-state index is -1.08. The highest BCUT2D eigenvalue weighted by Crippen LogP contribution is 2.43. The highest BCUT2D eigenvalue weighted by molar-refractivity contribution is 6.17. The molecular weight excluding hydrogens is 554 g/mol. The van der Waals surface area contributed by atoms with Crippen LogP contribution in [0.5, 0.6) is 5.75 Å². The number of benzene rings is 3. The molecule has 3 amide bonds.